The van der Waals surface area contributed by atoms with Gasteiger partial charge in [0.25, 0.3) is 5.91 Å². The number of carbonyl (C=O) groups is 2. The molecule has 1 saturated heterocycles. The van der Waals surface area contributed by atoms with E-state index in [1.807, 2.05) is 20.2 Å². The highest BCUT2D eigenvalue weighted by Gasteiger charge is 2.21. The van der Waals surface area contributed by atoms with Crippen LogP contribution in [0.25, 0.3) is 0 Å². The smallest absolute Gasteiger partial charge is 0.255 e. The normalized spacial score (nSPS) is 14.9. The third-order valence-corrected chi connectivity index (χ3v) is 3.85. The average molecular weight is 319 g/mol. The molecule has 2 rings (SSSR count). The van der Waals surface area contributed by atoms with Crippen LogP contribution in [0, 0.1) is 0 Å². The van der Waals surface area contributed by atoms with E-state index in [0.717, 1.165) is 31.6 Å². The second-order valence-electron chi connectivity index (χ2n) is 5.98. The van der Waals surface area contributed by atoms with Gasteiger partial charge in [0, 0.05) is 45.1 Å². The van der Waals surface area contributed by atoms with E-state index in [0.29, 0.717) is 31.7 Å². The van der Waals surface area contributed by atoms with Gasteiger partial charge < -0.3 is 20.0 Å². The summed E-state index contributed by atoms with van der Waals surface area (Å²) in [7, 11) is 4.09. The van der Waals surface area contributed by atoms with E-state index in [1.54, 1.807) is 22.2 Å². The molecule has 0 unspecified atom stereocenters. The first-order valence-corrected chi connectivity index (χ1v) is 7.92. The molecule has 1 aliphatic heterocycles. The van der Waals surface area contributed by atoms with E-state index >= 15 is 0 Å². The molecule has 0 atom stereocenters. The number of nitrogens with zero attached hydrogens (tertiary/aromatic N) is 4. The van der Waals surface area contributed by atoms with Gasteiger partial charge in [-0.05, 0) is 33.1 Å². The number of aromatic nitrogens is 1. The summed E-state index contributed by atoms with van der Waals surface area (Å²) in [4.78, 5) is 33.0. The summed E-state index contributed by atoms with van der Waals surface area (Å²) in [6, 6.07) is 1.84. The minimum Gasteiger partial charge on any atom is -0.384 e. The van der Waals surface area contributed by atoms with Crippen LogP contribution in [0.3, 0.4) is 0 Å². The van der Waals surface area contributed by atoms with E-state index in [1.165, 1.54) is 0 Å². The molecule has 0 aromatic carbocycles. The highest BCUT2D eigenvalue weighted by Crippen LogP contribution is 2.12. The molecule has 1 fully saturated rings. The van der Waals surface area contributed by atoms with Crippen molar-refractivity contribution >= 4 is 18.0 Å². The van der Waals surface area contributed by atoms with Gasteiger partial charge in [-0.2, -0.15) is 0 Å². The van der Waals surface area contributed by atoms with Crippen LogP contribution >= 0.6 is 0 Å². The summed E-state index contributed by atoms with van der Waals surface area (Å²) in [6.07, 6.45) is 5.19. The number of hydrogen-bond acceptors (Lipinski definition) is 5. The first-order valence-electron chi connectivity index (χ1n) is 7.92. The molecule has 7 heteroatoms. The Morgan fingerprint density at radius 1 is 1.30 bits per heavy atom. The van der Waals surface area contributed by atoms with Gasteiger partial charge in [0.15, 0.2) is 0 Å². The van der Waals surface area contributed by atoms with E-state index in [-0.39, 0.29) is 5.91 Å². The number of pyridine rings is 1. The molecule has 0 saturated carbocycles. The largest absolute Gasteiger partial charge is 0.384 e. The first kappa shape index (κ1) is 17.2. The maximum Gasteiger partial charge on any atom is 0.255 e. The zero-order chi connectivity index (χ0) is 16.7. The Balaban J connectivity index is 1.88. The molecule has 0 radical (unpaired) electrons. The molecule has 1 aromatic rings. The minimum atomic E-state index is -0.0278. The Bertz CT molecular complexity index is 527. The summed E-state index contributed by atoms with van der Waals surface area (Å²) < 4.78 is 0. The number of piperazine rings is 1. The van der Waals surface area contributed by atoms with Crippen molar-refractivity contribution in [3.8, 4) is 0 Å². The lowest BCUT2D eigenvalue weighted by Gasteiger charge is -2.32. The quantitative estimate of drug-likeness (QED) is 0.580. The molecule has 7 nitrogen and oxygen atoms in total. The molecule has 126 valence electrons. The van der Waals surface area contributed by atoms with Gasteiger partial charge in [-0.1, -0.05) is 0 Å². The zero-order valence-corrected chi connectivity index (χ0v) is 13.9. The van der Waals surface area contributed by atoms with Crippen molar-refractivity contribution in [2.75, 3.05) is 58.7 Å². The molecule has 0 aliphatic carbocycles. The lowest BCUT2D eigenvalue weighted by molar-refractivity contribution is -0.119. The Kier molecular flexibility index (Phi) is 6.34. The number of rotatable bonds is 7. The van der Waals surface area contributed by atoms with E-state index in [9.17, 15) is 9.59 Å². The lowest BCUT2D eigenvalue weighted by Crippen LogP contribution is -2.48. The number of amides is 2. The van der Waals surface area contributed by atoms with Crippen molar-refractivity contribution in [2.24, 2.45) is 0 Å². The molecule has 2 heterocycles. The van der Waals surface area contributed by atoms with Crippen LogP contribution < -0.4 is 5.32 Å². The predicted molar refractivity (Wildman–Crippen MR) is 89.4 cm³/mol. The standard InChI is InChI=1S/C16H25N5O2/c1-19(2)5-3-4-18-15-10-14(11-17-12-15)16(23)21-8-6-20(13-22)7-9-21/h10-13,18H,3-9H2,1-2H3. The number of carbonyl (C=O) groups excluding carboxylic acids is 2. The maximum atomic E-state index is 12.5. The molecule has 2 amide bonds. The molecule has 23 heavy (non-hydrogen) atoms. The van der Waals surface area contributed by atoms with Crippen LogP contribution in [0.1, 0.15) is 16.8 Å². The van der Waals surface area contributed by atoms with Gasteiger partial charge >= 0.3 is 0 Å². The summed E-state index contributed by atoms with van der Waals surface area (Å²) in [5, 5.41) is 3.30. The van der Waals surface area contributed by atoms with Gasteiger partial charge in [0.05, 0.1) is 11.3 Å². The van der Waals surface area contributed by atoms with Crippen molar-refractivity contribution in [1.29, 1.82) is 0 Å². The highest BCUT2D eigenvalue weighted by molar-refractivity contribution is 5.94. The minimum absolute atomic E-state index is 0.0278. The monoisotopic (exact) mass is 319 g/mol. The van der Waals surface area contributed by atoms with Crippen molar-refractivity contribution in [1.82, 2.24) is 19.7 Å². The van der Waals surface area contributed by atoms with Crippen LogP contribution in [-0.4, -0.2) is 85.4 Å². The molecule has 1 aliphatic rings. The molecule has 0 bridgehead atoms. The lowest BCUT2D eigenvalue weighted by atomic mass is 10.2. The fraction of sp³-hybridized carbons (Fsp3) is 0.562. The third kappa shape index (κ3) is 5.21. The summed E-state index contributed by atoms with van der Waals surface area (Å²) >= 11 is 0. The van der Waals surface area contributed by atoms with E-state index in [2.05, 4.69) is 15.2 Å². The molecular formula is C16H25N5O2. The van der Waals surface area contributed by atoms with Gasteiger partial charge in [-0.25, -0.2) is 0 Å². The van der Waals surface area contributed by atoms with E-state index < -0.39 is 0 Å². The van der Waals surface area contributed by atoms with Gasteiger partial charge in [0.2, 0.25) is 6.41 Å². The van der Waals surface area contributed by atoms with Crippen LogP contribution in [0.5, 0.6) is 0 Å². The van der Waals surface area contributed by atoms with Gasteiger partial charge in [-0.3, -0.25) is 14.6 Å². The Labute approximate surface area is 137 Å². The maximum absolute atomic E-state index is 12.5. The van der Waals surface area contributed by atoms with Crippen molar-refractivity contribution in [3.05, 3.63) is 24.0 Å². The number of nitrogens with one attached hydrogen (secondary N) is 1. The van der Waals surface area contributed by atoms with Crippen molar-refractivity contribution < 1.29 is 9.59 Å². The molecule has 1 aromatic heterocycles. The number of hydrogen-bond donors (Lipinski definition) is 1. The Morgan fingerprint density at radius 2 is 2.04 bits per heavy atom. The van der Waals surface area contributed by atoms with E-state index in [4.69, 9.17) is 0 Å². The molecule has 0 spiro atoms. The SMILES string of the molecule is CN(C)CCCNc1cncc(C(=O)N2CCN(C=O)CC2)c1. The van der Waals surface area contributed by atoms with Crippen molar-refractivity contribution in [2.45, 2.75) is 6.42 Å². The average Bonchev–Trinajstić information content (AvgIpc) is 2.58. The fourth-order valence-electron chi connectivity index (χ4n) is 2.49. The first-order chi connectivity index (χ1) is 11.1. The third-order valence-electron chi connectivity index (χ3n) is 3.85. The molecular weight excluding hydrogens is 294 g/mol. The van der Waals surface area contributed by atoms with Crippen molar-refractivity contribution in [3.63, 3.8) is 0 Å². The zero-order valence-electron chi connectivity index (χ0n) is 13.9. The Hall–Kier alpha value is -2.15. The molecule has 1 N–H and O–H groups in total. The van der Waals surface area contributed by atoms with Gasteiger partial charge in [-0.15, -0.1) is 0 Å². The number of anilines is 1. The summed E-state index contributed by atoms with van der Waals surface area (Å²) in [5.74, 6) is -0.0278. The van der Waals surface area contributed by atoms with Crippen LogP contribution in [0.4, 0.5) is 5.69 Å². The van der Waals surface area contributed by atoms with Crippen LogP contribution in [0.15, 0.2) is 18.5 Å². The second kappa shape index (κ2) is 8.47. The van der Waals surface area contributed by atoms with Crippen LogP contribution in [0.2, 0.25) is 0 Å². The van der Waals surface area contributed by atoms with Crippen LogP contribution in [-0.2, 0) is 4.79 Å². The summed E-state index contributed by atoms with van der Waals surface area (Å²) in [5.41, 5.74) is 1.45. The fourth-order valence-corrected chi connectivity index (χ4v) is 2.49. The van der Waals surface area contributed by atoms with Gasteiger partial charge in [0.1, 0.15) is 0 Å². The highest BCUT2D eigenvalue weighted by atomic mass is 16.2. The predicted octanol–water partition coefficient (Wildman–Crippen LogP) is 0.359. The second-order valence-corrected chi connectivity index (χ2v) is 5.98. The topological polar surface area (TPSA) is 68.8 Å². The Morgan fingerprint density at radius 3 is 2.70 bits per heavy atom. The summed E-state index contributed by atoms with van der Waals surface area (Å²) in [6.45, 7) is 4.17.